The number of rotatable bonds is 5. The molecular formula is C15H23NO3. The molecule has 4 heteroatoms. The first-order valence-electron chi connectivity index (χ1n) is 6.81. The molecule has 2 rings (SSSR count). The summed E-state index contributed by atoms with van der Waals surface area (Å²) in [6.07, 6.45) is 1.34. The Labute approximate surface area is 114 Å². The predicted octanol–water partition coefficient (Wildman–Crippen LogP) is 2.39. The fourth-order valence-corrected chi connectivity index (χ4v) is 2.64. The van der Waals surface area contributed by atoms with Crippen molar-refractivity contribution >= 4 is 0 Å². The van der Waals surface area contributed by atoms with Crippen LogP contribution in [0, 0.1) is 5.41 Å². The molecule has 0 saturated heterocycles. The molecule has 2 unspecified atom stereocenters. The van der Waals surface area contributed by atoms with Crippen molar-refractivity contribution in [2.45, 2.75) is 45.9 Å². The molecule has 0 aliphatic heterocycles. The highest BCUT2D eigenvalue weighted by Gasteiger charge is 2.48. The minimum Gasteiger partial charge on any atom is -0.504 e. The first-order valence-corrected chi connectivity index (χ1v) is 6.81. The lowest BCUT2D eigenvalue weighted by atomic mass is 9.64. The highest BCUT2D eigenvalue weighted by molar-refractivity contribution is 5.40. The quantitative estimate of drug-likeness (QED) is 0.715. The second kappa shape index (κ2) is 5.39. The smallest absolute Gasteiger partial charge is 0.157 e. The summed E-state index contributed by atoms with van der Waals surface area (Å²) >= 11 is 0. The van der Waals surface area contributed by atoms with Crippen LogP contribution >= 0.6 is 0 Å². The van der Waals surface area contributed by atoms with Crippen LogP contribution in [-0.2, 0) is 11.3 Å². The molecule has 106 valence electrons. The fraction of sp³-hybridized carbons (Fsp3) is 0.600. The Morgan fingerprint density at radius 1 is 1.32 bits per heavy atom. The monoisotopic (exact) mass is 265 g/mol. The van der Waals surface area contributed by atoms with Gasteiger partial charge in [0.05, 0.1) is 6.10 Å². The first-order chi connectivity index (χ1) is 8.95. The minimum atomic E-state index is -0.0795. The Kier molecular flexibility index (Phi) is 4.02. The average Bonchev–Trinajstić information content (AvgIpc) is 2.37. The van der Waals surface area contributed by atoms with E-state index in [2.05, 4.69) is 19.2 Å². The largest absolute Gasteiger partial charge is 0.504 e. The summed E-state index contributed by atoms with van der Waals surface area (Å²) in [4.78, 5) is 0. The SMILES string of the molecule is CCOC1CC(NCc2ccc(O)c(O)c2)C1(C)C. The van der Waals surface area contributed by atoms with E-state index in [1.54, 1.807) is 6.07 Å². The number of hydrogen-bond donors (Lipinski definition) is 3. The maximum absolute atomic E-state index is 9.45. The molecular weight excluding hydrogens is 242 g/mol. The molecule has 1 fully saturated rings. The molecule has 0 radical (unpaired) electrons. The van der Waals surface area contributed by atoms with Crippen molar-refractivity contribution in [2.24, 2.45) is 5.41 Å². The highest BCUT2D eigenvalue weighted by Crippen LogP contribution is 2.42. The number of nitrogens with one attached hydrogen (secondary N) is 1. The third kappa shape index (κ3) is 2.85. The summed E-state index contributed by atoms with van der Waals surface area (Å²) in [5.74, 6) is -0.150. The lowest BCUT2D eigenvalue weighted by molar-refractivity contribution is -0.114. The van der Waals surface area contributed by atoms with Gasteiger partial charge in [0.1, 0.15) is 0 Å². The van der Waals surface area contributed by atoms with Gasteiger partial charge in [0.2, 0.25) is 0 Å². The van der Waals surface area contributed by atoms with Crippen LogP contribution in [-0.4, -0.2) is 29.0 Å². The van der Waals surface area contributed by atoms with Crippen molar-refractivity contribution in [1.29, 1.82) is 0 Å². The molecule has 3 N–H and O–H groups in total. The van der Waals surface area contributed by atoms with E-state index in [1.807, 2.05) is 13.0 Å². The Hall–Kier alpha value is -1.26. The van der Waals surface area contributed by atoms with Gasteiger partial charge in [-0.3, -0.25) is 0 Å². The zero-order valence-electron chi connectivity index (χ0n) is 11.8. The van der Waals surface area contributed by atoms with E-state index < -0.39 is 0 Å². The standard InChI is InChI=1S/C15H23NO3/c1-4-19-14-8-13(15(14,2)3)16-9-10-5-6-11(17)12(18)7-10/h5-7,13-14,16-18H,4,8-9H2,1-3H3. The van der Waals surface area contributed by atoms with Gasteiger partial charge in [0, 0.05) is 24.6 Å². The predicted molar refractivity (Wildman–Crippen MR) is 74.2 cm³/mol. The van der Waals surface area contributed by atoms with E-state index in [4.69, 9.17) is 4.74 Å². The second-order valence-electron chi connectivity index (χ2n) is 5.76. The first kappa shape index (κ1) is 14.2. The number of ether oxygens (including phenoxy) is 1. The van der Waals surface area contributed by atoms with Gasteiger partial charge in [-0.25, -0.2) is 0 Å². The van der Waals surface area contributed by atoms with E-state index in [0.29, 0.717) is 18.7 Å². The summed E-state index contributed by atoms with van der Waals surface area (Å²) in [6, 6.07) is 5.34. The second-order valence-corrected chi connectivity index (χ2v) is 5.76. The van der Waals surface area contributed by atoms with E-state index in [-0.39, 0.29) is 16.9 Å². The van der Waals surface area contributed by atoms with E-state index >= 15 is 0 Å². The van der Waals surface area contributed by atoms with Crippen LogP contribution < -0.4 is 5.32 Å². The van der Waals surface area contributed by atoms with E-state index in [9.17, 15) is 10.2 Å². The zero-order valence-corrected chi connectivity index (χ0v) is 11.8. The molecule has 2 atom stereocenters. The van der Waals surface area contributed by atoms with Gasteiger partial charge in [-0.1, -0.05) is 19.9 Å². The highest BCUT2D eigenvalue weighted by atomic mass is 16.5. The number of aromatic hydroxyl groups is 2. The molecule has 0 bridgehead atoms. The maximum atomic E-state index is 9.45. The van der Waals surface area contributed by atoms with Crippen molar-refractivity contribution in [3.63, 3.8) is 0 Å². The van der Waals surface area contributed by atoms with Crippen LogP contribution in [0.25, 0.3) is 0 Å². The Bertz CT molecular complexity index is 445. The topological polar surface area (TPSA) is 61.7 Å². The fourth-order valence-electron chi connectivity index (χ4n) is 2.64. The van der Waals surface area contributed by atoms with Crippen LogP contribution in [0.5, 0.6) is 11.5 Å². The summed E-state index contributed by atoms with van der Waals surface area (Å²) in [7, 11) is 0. The summed E-state index contributed by atoms with van der Waals surface area (Å²) in [5, 5.41) is 22.2. The molecule has 19 heavy (non-hydrogen) atoms. The zero-order chi connectivity index (χ0) is 14.0. The number of phenolic OH excluding ortho intramolecular Hbond substituents is 2. The molecule has 0 spiro atoms. The van der Waals surface area contributed by atoms with Crippen molar-refractivity contribution < 1.29 is 14.9 Å². The Balaban J connectivity index is 1.88. The third-order valence-electron chi connectivity index (χ3n) is 4.14. The van der Waals surface area contributed by atoms with E-state index in [1.165, 1.54) is 6.07 Å². The van der Waals surface area contributed by atoms with Crippen LogP contribution in [0.3, 0.4) is 0 Å². The van der Waals surface area contributed by atoms with Gasteiger partial charge >= 0.3 is 0 Å². The van der Waals surface area contributed by atoms with Crippen LogP contribution in [0.1, 0.15) is 32.8 Å². The van der Waals surface area contributed by atoms with Crippen molar-refractivity contribution in [2.75, 3.05) is 6.61 Å². The Morgan fingerprint density at radius 2 is 2.05 bits per heavy atom. The van der Waals surface area contributed by atoms with Crippen molar-refractivity contribution in [1.82, 2.24) is 5.32 Å². The average molecular weight is 265 g/mol. The number of hydrogen-bond acceptors (Lipinski definition) is 4. The Morgan fingerprint density at radius 3 is 2.63 bits per heavy atom. The lowest BCUT2D eigenvalue weighted by Gasteiger charge is -2.52. The summed E-state index contributed by atoms with van der Waals surface area (Å²) in [6.45, 7) is 7.88. The molecule has 1 aromatic carbocycles. The van der Waals surface area contributed by atoms with Gasteiger partial charge in [-0.05, 0) is 31.0 Å². The summed E-state index contributed by atoms with van der Waals surface area (Å²) < 4.78 is 5.70. The molecule has 1 aliphatic carbocycles. The lowest BCUT2D eigenvalue weighted by Crippen LogP contribution is -2.60. The molecule has 1 aliphatic rings. The molecule has 0 heterocycles. The molecule has 0 amide bonds. The van der Waals surface area contributed by atoms with Crippen LogP contribution in [0.2, 0.25) is 0 Å². The number of benzene rings is 1. The molecule has 1 aromatic rings. The van der Waals surface area contributed by atoms with Crippen LogP contribution in [0.15, 0.2) is 18.2 Å². The van der Waals surface area contributed by atoms with Crippen molar-refractivity contribution in [3.8, 4) is 11.5 Å². The summed E-state index contributed by atoms with van der Waals surface area (Å²) in [5.41, 5.74) is 1.10. The molecule has 0 aromatic heterocycles. The van der Waals surface area contributed by atoms with Gasteiger partial charge in [0.15, 0.2) is 11.5 Å². The minimum absolute atomic E-state index is 0.0700. The van der Waals surface area contributed by atoms with Crippen molar-refractivity contribution in [3.05, 3.63) is 23.8 Å². The normalized spacial score (nSPS) is 25.0. The molecule has 1 saturated carbocycles. The van der Waals surface area contributed by atoms with Gasteiger partial charge in [-0.15, -0.1) is 0 Å². The van der Waals surface area contributed by atoms with Gasteiger partial charge in [-0.2, -0.15) is 0 Å². The van der Waals surface area contributed by atoms with Crippen LogP contribution in [0.4, 0.5) is 0 Å². The molecule has 4 nitrogen and oxygen atoms in total. The van der Waals surface area contributed by atoms with Gasteiger partial charge < -0.3 is 20.3 Å². The van der Waals surface area contributed by atoms with E-state index in [0.717, 1.165) is 18.6 Å². The third-order valence-corrected chi connectivity index (χ3v) is 4.14. The number of phenols is 2. The maximum Gasteiger partial charge on any atom is 0.157 e. The van der Waals surface area contributed by atoms with Gasteiger partial charge in [0.25, 0.3) is 0 Å².